The van der Waals surface area contributed by atoms with Gasteiger partial charge >= 0.3 is 0 Å². The molecule has 0 aliphatic heterocycles. The second kappa shape index (κ2) is 18.1. The first-order valence-electron chi connectivity index (χ1n) is 14.0. The van der Waals surface area contributed by atoms with E-state index in [2.05, 4.69) is 18.7 Å². The Labute approximate surface area is 205 Å². The van der Waals surface area contributed by atoms with Crippen molar-refractivity contribution in [3.05, 3.63) is 22.5 Å². The minimum atomic E-state index is -0.0715. The summed E-state index contributed by atoms with van der Waals surface area (Å²) in [4.78, 5) is 15.7. The second-order valence-electron chi connectivity index (χ2n) is 9.98. The summed E-state index contributed by atoms with van der Waals surface area (Å²) in [6.07, 6.45) is 20.4. The fourth-order valence-corrected chi connectivity index (χ4v) is 4.84. The molecular weight excluding hydrogens is 408 g/mol. The van der Waals surface area contributed by atoms with Crippen LogP contribution in [0.3, 0.4) is 0 Å². The van der Waals surface area contributed by atoms with Crippen molar-refractivity contribution in [2.24, 2.45) is 7.05 Å². The molecule has 0 spiro atoms. The summed E-state index contributed by atoms with van der Waals surface area (Å²) in [7, 11) is 1.99. The van der Waals surface area contributed by atoms with Crippen LogP contribution in [-0.2, 0) is 13.7 Å². The number of unbranched alkanes of at least 4 members (excludes halogenated alkanes) is 14. The Balaban J connectivity index is 2.62. The molecule has 1 amide bonds. The molecule has 1 aromatic rings. The topological polar surface area (TPSA) is 45.5 Å². The molecule has 1 heterocycles. The van der Waals surface area contributed by atoms with E-state index in [4.69, 9.17) is 0 Å². The number of aliphatic hydroxyl groups excluding tert-OH is 1. The summed E-state index contributed by atoms with van der Waals surface area (Å²) in [6.45, 7) is 10.1. The van der Waals surface area contributed by atoms with E-state index in [0.717, 1.165) is 48.4 Å². The summed E-state index contributed by atoms with van der Waals surface area (Å²) < 4.78 is 2.05. The Morgan fingerprint density at radius 2 is 1.09 bits per heavy atom. The van der Waals surface area contributed by atoms with Gasteiger partial charge in [0.05, 0.1) is 12.2 Å². The van der Waals surface area contributed by atoms with Crippen LogP contribution < -0.4 is 0 Å². The Hall–Kier alpha value is -1.29. The molecule has 0 aromatic carbocycles. The van der Waals surface area contributed by atoms with E-state index in [1.54, 1.807) is 0 Å². The van der Waals surface area contributed by atoms with Gasteiger partial charge in [0.25, 0.3) is 5.91 Å². The number of carbonyl (C=O) groups is 1. The number of rotatable bonds is 20. The fourth-order valence-electron chi connectivity index (χ4n) is 4.84. The zero-order valence-electron chi connectivity index (χ0n) is 22.7. The van der Waals surface area contributed by atoms with Gasteiger partial charge in [-0.2, -0.15) is 0 Å². The van der Waals surface area contributed by atoms with Crippen LogP contribution in [0.15, 0.2) is 0 Å². The highest BCUT2D eigenvalue weighted by atomic mass is 16.3. The Morgan fingerprint density at radius 1 is 0.697 bits per heavy atom. The fraction of sp³-hybridized carbons (Fsp3) is 0.828. The standard InChI is InChI=1S/C29H54N2O2/c1-6-8-10-12-14-16-18-20-22-31(23-21-19-17-15-13-11-9-7-2)29(33)28-26(4)30(5)25(3)27(28)24-32/h32H,6-24H2,1-5H3. The SMILES string of the molecule is CCCCCCCCCCN(CCCCCCCCCC)C(=O)c1c(CO)c(C)n(C)c1C. The Kier molecular flexibility index (Phi) is 16.3. The van der Waals surface area contributed by atoms with Crippen molar-refractivity contribution in [3.63, 3.8) is 0 Å². The molecule has 0 atom stereocenters. The maximum Gasteiger partial charge on any atom is 0.256 e. The van der Waals surface area contributed by atoms with Crippen molar-refractivity contribution >= 4 is 5.91 Å². The molecule has 0 aliphatic rings. The van der Waals surface area contributed by atoms with Gasteiger partial charge in [0.1, 0.15) is 0 Å². The third-order valence-electron chi connectivity index (χ3n) is 7.33. The lowest BCUT2D eigenvalue weighted by Gasteiger charge is -2.24. The Morgan fingerprint density at radius 3 is 1.48 bits per heavy atom. The first-order chi connectivity index (χ1) is 16.0. The minimum absolute atomic E-state index is 0.0715. The predicted octanol–water partition coefficient (Wildman–Crippen LogP) is 7.86. The predicted molar refractivity (Wildman–Crippen MR) is 142 cm³/mol. The van der Waals surface area contributed by atoms with Crippen LogP contribution in [0.4, 0.5) is 0 Å². The van der Waals surface area contributed by atoms with Crippen molar-refractivity contribution in [2.45, 2.75) is 137 Å². The van der Waals surface area contributed by atoms with Gasteiger partial charge in [0.15, 0.2) is 0 Å². The molecule has 4 nitrogen and oxygen atoms in total. The largest absolute Gasteiger partial charge is 0.392 e. The first kappa shape index (κ1) is 29.7. The number of aromatic nitrogens is 1. The number of carbonyl (C=O) groups excluding carboxylic acids is 1. The van der Waals surface area contributed by atoms with Crippen molar-refractivity contribution in [1.82, 2.24) is 9.47 Å². The summed E-state index contributed by atoms with van der Waals surface area (Å²) in [6, 6.07) is 0. The number of aliphatic hydroxyl groups is 1. The van der Waals surface area contributed by atoms with Gasteiger partial charge in [-0.1, -0.05) is 104 Å². The van der Waals surface area contributed by atoms with Gasteiger partial charge in [-0.3, -0.25) is 4.79 Å². The summed E-state index contributed by atoms with van der Waals surface area (Å²) in [5.41, 5.74) is 3.50. The summed E-state index contributed by atoms with van der Waals surface area (Å²) in [5, 5.41) is 9.95. The molecule has 0 saturated carbocycles. The average molecular weight is 463 g/mol. The van der Waals surface area contributed by atoms with E-state index in [0.29, 0.717) is 0 Å². The van der Waals surface area contributed by atoms with Crippen molar-refractivity contribution < 1.29 is 9.90 Å². The van der Waals surface area contributed by atoms with Crippen LogP contribution >= 0.6 is 0 Å². The molecule has 0 aliphatic carbocycles. The van der Waals surface area contributed by atoms with E-state index in [9.17, 15) is 9.90 Å². The van der Waals surface area contributed by atoms with Crippen molar-refractivity contribution in [3.8, 4) is 0 Å². The lowest BCUT2D eigenvalue weighted by atomic mass is 10.1. The molecule has 0 fully saturated rings. The monoisotopic (exact) mass is 462 g/mol. The molecule has 0 unspecified atom stereocenters. The second-order valence-corrected chi connectivity index (χ2v) is 9.98. The van der Waals surface area contributed by atoms with Crippen molar-refractivity contribution in [2.75, 3.05) is 13.1 Å². The van der Waals surface area contributed by atoms with E-state index >= 15 is 0 Å². The maximum atomic E-state index is 13.6. The van der Waals surface area contributed by atoms with Gasteiger partial charge in [-0.05, 0) is 26.7 Å². The number of hydrogen-bond acceptors (Lipinski definition) is 2. The normalized spacial score (nSPS) is 11.3. The molecule has 0 saturated heterocycles. The zero-order chi connectivity index (χ0) is 24.5. The molecule has 0 radical (unpaired) electrons. The summed E-state index contributed by atoms with van der Waals surface area (Å²) in [5.74, 6) is 0.117. The van der Waals surface area contributed by atoms with Crippen LogP contribution in [0.1, 0.15) is 144 Å². The van der Waals surface area contributed by atoms with Crippen LogP contribution in [0.2, 0.25) is 0 Å². The van der Waals surface area contributed by atoms with Crippen molar-refractivity contribution in [1.29, 1.82) is 0 Å². The zero-order valence-corrected chi connectivity index (χ0v) is 22.7. The van der Waals surface area contributed by atoms with Crippen LogP contribution in [0, 0.1) is 13.8 Å². The van der Waals surface area contributed by atoms with E-state index in [-0.39, 0.29) is 12.5 Å². The highest BCUT2D eigenvalue weighted by Crippen LogP contribution is 2.24. The number of nitrogens with zero attached hydrogens (tertiary/aromatic N) is 2. The lowest BCUT2D eigenvalue weighted by molar-refractivity contribution is 0.0745. The van der Waals surface area contributed by atoms with Gasteiger partial charge < -0.3 is 14.6 Å². The Bertz CT molecular complexity index is 631. The molecule has 33 heavy (non-hydrogen) atoms. The lowest BCUT2D eigenvalue weighted by Crippen LogP contribution is -2.34. The van der Waals surface area contributed by atoms with E-state index in [1.807, 2.05) is 25.5 Å². The van der Waals surface area contributed by atoms with E-state index < -0.39 is 0 Å². The van der Waals surface area contributed by atoms with Crippen LogP contribution in [0.5, 0.6) is 0 Å². The molecule has 1 rings (SSSR count). The van der Waals surface area contributed by atoms with Crippen LogP contribution in [-0.4, -0.2) is 33.6 Å². The maximum absolute atomic E-state index is 13.6. The molecule has 192 valence electrons. The van der Waals surface area contributed by atoms with E-state index in [1.165, 1.54) is 89.9 Å². The smallest absolute Gasteiger partial charge is 0.256 e. The quantitative estimate of drug-likeness (QED) is 0.200. The minimum Gasteiger partial charge on any atom is -0.392 e. The summed E-state index contributed by atoms with van der Waals surface area (Å²) >= 11 is 0. The number of hydrogen-bond donors (Lipinski definition) is 1. The first-order valence-corrected chi connectivity index (χ1v) is 14.0. The third kappa shape index (κ3) is 10.7. The van der Waals surface area contributed by atoms with Gasteiger partial charge in [-0.15, -0.1) is 0 Å². The molecule has 0 bridgehead atoms. The highest BCUT2D eigenvalue weighted by molar-refractivity contribution is 5.97. The third-order valence-corrected chi connectivity index (χ3v) is 7.33. The van der Waals surface area contributed by atoms with Crippen LogP contribution in [0.25, 0.3) is 0 Å². The molecular formula is C29H54N2O2. The molecule has 4 heteroatoms. The number of amides is 1. The van der Waals surface area contributed by atoms with Gasteiger partial charge in [-0.25, -0.2) is 0 Å². The van der Waals surface area contributed by atoms with Gasteiger partial charge in [0.2, 0.25) is 0 Å². The molecule has 1 N–H and O–H groups in total. The average Bonchev–Trinajstić information content (AvgIpc) is 3.03. The highest BCUT2D eigenvalue weighted by Gasteiger charge is 2.25. The molecule has 1 aromatic heterocycles. The van der Waals surface area contributed by atoms with Gasteiger partial charge in [0, 0.05) is 37.1 Å².